The van der Waals surface area contributed by atoms with Gasteiger partial charge in [-0.25, -0.2) is 0 Å². The zero-order chi connectivity index (χ0) is 15.0. The van der Waals surface area contributed by atoms with Crippen LogP contribution >= 0.6 is 0 Å². The molecule has 0 N–H and O–H groups in total. The molecular weight excluding hydrogens is 244 g/mol. The van der Waals surface area contributed by atoms with Crippen LogP contribution in [0.5, 0.6) is 0 Å². The molecule has 0 aliphatic rings. The van der Waals surface area contributed by atoms with Gasteiger partial charge in [-0.15, -0.1) is 0 Å². The first kappa shape index (κ1) is 15.9. The number of hydrogen-bond acceptors (Lipinski definition) is 2. The van der Waals surface area contributed by atoms with E-state index in [0.29, 0.717) is 12.3 Å². The van der Waals surface area contributed by atoms with Gasteiger partial charge >= 0.3 is 0 Å². The summed E-state index contributed by atoms with van der Waals surface area (Å²) < 4.78 is 0. The summed E-state index contributed by atoms with van der Waals surface area (Å²) in [6.45, 7) is 8.39. The number of rotatable bonds is 6. The Bertz CT molecular complexity index is 530. The fourth-order valence-electron chi connectivity index (χ4n) is 2.16. The maximum Gasteiger partial charge on any atom is 0.0628 e. The molecule has 1 aromatic rings. The molecule has 0 fully saturated rings. The number of benzene rings is 1. The van der Waals surface area contributed by atoms with Gasteiger partial charge in [-0.1, -0.05) is 50.8 Å². The Hall–Kier alpha value is -2.14. The molecule has 0 amide bonds. The molecule has 0 aliphatic heterocycles. The highest BCUT2D eigenvalue weighted by atomic mass is 14.6. The van der Waals surface area contributed by atoms with Crippen molar-refractivity contribution in [2.45, 2.75) is 20.3 Å². The van der Waals surface area contributed by atoms with E-state index in [0.717, 1.165) is 16.7 Å². The Morgan fingerprint density at radius 1 is 1.35 bits per heavy atom. The molecule has 0 aromatic heterocycles. The Labute approximate surface area is 122 Å². The molecule has 2 nitrogen and oxygen atoms in total. The SMILES string of the molecule is C=C(/C=C(\C=NC)C(CC#N)C(C)C)c1ccccc1. The van der Waals surface area contributed by atoms with E-state index in [4.69, 9.17) is 5.26 Å². The highest BCUT2D eigenvalue weighted by Gasteiger charge is 2.17. The largest absolute Gasteiger partial charge is 0.296 e. The summed E-state index contributed by atoms with van der Waals surface area (Å²) >= 11 is 0. The van der Waals surface area contributed by atoms with Crippen LogP contribution in [0.1, 0.15) is 25.8 Å². The van der Waals surface area contributed by atoms with Gasteiger partial charge in [0.15, 0.2) is 0 Å². The van der Waals surface area contributed by atoms with Crippen molar-refractivity contribution in [3.63, 3.8) is 0 Å². The first-order valence-corrected chi connectivity index (χ1v) is 6.85. The predicted molar refractivity (Wildman–Crippen MR) is 86.5 cm³/mol. The van der Waals surface area contributed by atoms with Crippen LogP contribution in [0.4, 0.5) is 0 Å². The van der Waals surface area contributed by atoms with Gasteiger partial charge < -0.3 is 0 Å². The van der Waals surface area contributed by atoms with Crippen molar-refractivity contribution in [3.05, 3.63) is 54.1 Å². The number of allylic oxidation sites excluding steroid dienone is 3. The number of nitriles is 1. The minimum absolute atomic E-state index is 0.184. The second kappa shape index (κ2) is 8.12. The molecule has 1 atom stereocenters. The van der Waals surface area contributed by atoms with Gasteiger partial charge in [0.2, 0.25) is 0 Å². The van der Waals surface area contributed by atoms with Crippen LogP contribution in [0.15, 0.2) is 53.6 Å². The van der Waals surface area contributed by atoms with E-state index in [1.54, 1.807) is 7.05 Å². The molecule has 0 spiro atoms. The van der Waals surface area contributed by atoms with Crippen molar-refractivity contribution in [3.8, 4) is 6.07 Å². The summed E-state index contributed by atoms with van der Waals surface area (Å²) in [4.78, 5) is 4.12. The molecule has 2 heteroatoms. The maximum absolute atomic E-state index is 9.01. The predicted octanol–water partition coefficient (Wildman–Crippen LogP) is 4.51. The molecule has 1 unspecified atom stereocenters. The van der Waals surface area contributed by atoms with Gasteiger partial charge in [0, 0.05) is 25.6 Å². The van der Waals surface area contributed by atoms with Crippen molar-refractivity contribution >= 4 is 11.8 Å². The van der Waals surface area contributed by atoms with Crippen LogP contribution in [0, 0.1) is 23.2 Å². The summed E-state index contributed by atoms with van der Waals surface area (Å²) in [5, 5.41) is 9.01. The highest BCUT2D eigenvalue weighted by molar-refractivity contribution is 5.86. The van der Waals surface area contributed by atoms with Gasteiger partial charge in [-0.3, -0.25) is 4.99 Å². The third-order valence-corrected chi connectivity index (χ3v) is 3.31. The first-order valence-electron chi connectivity index (χ1n) is 6.85. The standard InChI is InChI=1S/C18H22N2/c1-14(2)18(10-11-19)17(13-20-4)12-15(3)16-8-6-5-7-9-16/h5-9,12-14,18H,3,10H2,1-2,4H3/b17-12+,20-13?. The molecule has 0 bridgehead atoms. The molecule has 0 saturated heterocycles. The Morgan fingerprint density at radius 3 is 2.50 bits per heavy atom. The lowest BCUT2D eigenvalue weighted by molar-refractivity contribution is 0.464. The van der Waals surface area contributed by atoms with Gasteiger partial charge in [-0.2, -0.15) is 5.26 Å². The molecule has 0 radical (unpaired) electrons. The average molecular weight is 266 g/mol. The van der Waals surface area contributed by atoms with E-state index in [9.17, 15) is 0 Å². The van der Waals surface area contributed by atoms with Crippen molar-refractivity contribution in [2.24, 2.45) is 16.8 Å². The van der Waals surface area contributed by atoms with Crippen molar-refractivity contribution < 1.29 is 0 Å². The molecule has 1 rings (SSSR count). The lowest BCUT2D eigenvalue weighted by Gasteiger charge is -2.19. The molecule has 104 valence electrons. The minimum Gasteiger partial charge on any atom is -0.296 e. The fraction of sp³-hybridized carbons (Fsp3) is 0.333. The third-order valence-electron chi connectivity index (χ3n) is 3.31. The van der Waals surface area contributed by atoms with E-state index >= 15 is 0 Å². The maximum atomic E-state index is 9.01. The van der Waals surface area contributed by atoms with Crippen molar-refractivity contribution in [1.82, 2.24) is 0 Å². The summed E-state index contributed by atoms with van der Waals surface area (Å²) in [7, 11) is 1.75. The monoisotopic (exact) mass is 266 g/mol. The quantitative estimate of drug-likeness (QED) is 0.551. The Kier molecular flexibility index (Phi) is 6.46. The normalized spacial score (nSPS) is 13.4. The average Bonchev–Trinajstić information content (AvgIpc) is 2.45. The third kappa shape index (κ3) is 4.51. The van der Waals surface area contributed by atoms with Gasteiger partial charge in [0.05, 0.1) is 6.07 Å². The number of aliphatic imine (C=N–C) groups is 1. The highest BCUT2D eigenvalue weighted by Crippen LogP contribution is 2.26. The van der Waals surface area contributed by atoms with E-state index in [2.05, 4.69) is 31.5 Å². The van der Waals surface area contributed by atoms with Crippen LogP contribution < -0.4 is 0 Å². The van der Waals surface area contributed by atoms with Crippen LogP contribution in [-0.4, -0.2) is 13.3 Å². The lowest BCUT2D eigenvalue weighted by atomic mass is 9.85. The fourth-order valence-corrected chi connectivity index (χ4v) is 2.16. The first-order chi connectivity index (χ1) is 9.60. The second-order valence-electron chi connectivity index (χ2n) is 5.14. The number of hydrogen-bond donors (Lipinski definition) is 0. The molecule has 0 saturated carbocycles. The minimum atomic E-state index is 0.184. The summed E-state index contributed by atoms with van der Waals surface area (Å²) in [5.74, 6) is 0.576. The van der Waals surface area contributed by atoms with Gasteiger partial charge in [0.1, 0.15) is 0 Å². The van der Waals surface area contributed by atoms with E-state index in [1.165, 1.54) is 0 Å². The van der Waals surface area contributed by atoms with Crippen molar-refractivity contribution in [2.75, 3.05) is 7.05 Å². The van der Waals surface area contributed by atoms with E-state index in [1.807, 2.05) is 42.6 Å². The van der Waals surface area contributed by atoms with E-state index in [-0.39, 0.29) is 5.92 Å². The smallest absolute Gasteiger partial charge is 0.0628 e. The second-order valence-corrected chi connectivity index (χ2v) is 5.14. The summed E-state index contributed by atoms with van der Waals surface area (Å²) in [5.41, 5.74) is 3.11. The lowest BCUT2D eigenvalue weighted by Crippen LogP contribution is -2.12. The van der Waals surface area contributed by atoms with Gasteiger partial charge in [-0.05, 0) is 28.7 Å². The van der Waals surface area contributed by atoms with Crippen LogP contribution in [0.25, 0.3) is 5.57 Å². The zero-order valence-corrected chi connectivity index (χ0v) is 12.5. The molecular formula is C18H22N2. The zero-order valence-electron chi connectivity index (χ0n) is 12.5. The summed E-state index contributed by atoms with van der Waals surface area (Å²) in [6, 6.07) is 12.3. The Balaban J connectivity index is 3.09. The summed E-state index contributed by atoms with van der Waals surface area (Å²) in [6.07, 6.45) is 4.39. The molecule has 0 heterocycles. The van der Waals surface area contributed by atoms with Crippen LogP contribution in [-0.2, 0) is 0 Å². The van der Waals surface area contributed by atoms with Gasteiger partial charge in [0.25, 0.3) is 0 Å². The van der Waals surface area contributed by atoms with Crippen LogP contribution in [0.2, 0.25) is 0 Å². The van der Waals surface area contributed by atoms with Crippen LogP contribution in [0.3, 0.4) is 0 Å². The topological polar surface area (TPSA) is 36.1 Å². The molecule has 20 heavy (non-hydrogen) atoms. The van der Waals surface area contributed by atoms with E-state index < -0.39 is 0 Å². The molecule has 0 aliphatic carbocycles. The molecule has 1 aromatic carbocycles. The number of nitrogens with zero attached hydrogens (tertiary/aromatic N) is 2. The van der Waals surface area contributed by atoms with Crippen molar-refractivity contribution in [1.29, 1.82) is 5.26 Å². The Morgan fingerprint density at radius 2 is 2.00 bits per heavy atom.